The molecule has 2 atom stereocenters. The number of piperidine rings is 1. The molecule has 308 valence electrons. The van der Waals surface area contributed by atoms with Gasteiger partial charge in [0.2, 0.25) is 11.8 Å². The van der Waals surface area contributed by atoms with E-state index < -0.39 is 29.7 Å². The number of hydrogen-bond acceptors (Lipinski definition) is 13. The summed E-state index contributed by atoms with van der Waals surface area (Å²) in [4.78, 5) is 74.7. The van der Waals surface area contributed by atoms with Crippen LogP contribution in [0.1, 0.15) is 77.6 Å². The highest BCUT2D eigenvalue weighted by molar-refractivity contribution is 6.23. The highest BCUT2D eigenvalue weighted by Crippen LogP contribution is 2.32. The van der Waals surface area contributed by atoms with Crippen molar-refractivity contribution in [2.24, 2.45) is 4.99 Å². The zero-order valence-electron chi connectivity index (χ0n) is 34.0. The van der Waals surface area contributed by atoms with Crippen molar-refractivity contribution in [2.45, 2.75) is 64.8 Å². The summed E-state index contributed by atoms with van der Waals surface area (Å²) in [5, 5.41) is 2.24. The Morgan fingerprint density at radius 3 is 2.47 bits per heavy atom. The van der Waals surface area contributed by atoms with Gasteiger partial charge in [-0.2, -0.15) is 0 Å². The topological polar surface area (TPSA) is 153 Å². The quantitative estimate of drug-likeness (QED) is 0.163. The molecule has 0 bridgehead atoms. The van der Waals surface area contributed by atoms with Crippen molar-refractivity contribution in [1.29, 1.82) is 0 Å². The van der Waals surface area contributed by atoms with Crippen LogP contribution in [0.3, 0.4) is 0 Å². The Balaban J connectivity index is 0.727. The first kappa shape index (κ1) is 40.1. The number of anilines is 2. The molecule has 1 aromatic heterocycles. The maximum absolute atomic E-state index is 13.3. The largest absolute Gasteiger partial charge is 0.491 e. The number of amides is 4. The molecule has 3 aromatic rings. The second kappa shape index (κ2) is 17.7. The fraction of sp³-hybridized carbons (Fsp3) is 0.477. The first-order valence-electron chi connectivity index (χ1n) is 20.6. The molecule has 5 aliphatic heterocycles. The van der Waals surface area contributed by atoms with Gasteiger partial charge in [0.25, 0.3) is 11.8 Å². The van der Waals surface area contributed by atoms with Crippen LogP contribution in [0.15, 0.2) is 53.8 Å². The van der Waals surface area contributed by atoms with Crippen LogP contribution in [-0.2, 0) is 20.9 Å². The van der Waals surface area contributed by atoms with Gasteiger partial charge in [-0.05, 0) is 63.1 Å². The molecule has 59 heavy (non-hydrogen) atoms. The van der Waals surface area contributed by atoms with E-state index in [1.807, 2.05) is 26.0 Å². The van der Waals surface area contributed by atoms with Gasteiger partial charge in [-0.1, -0.05) is 17.9 Å². The van der Waals surface area contributed by atoms with Crippen LogP contribution in [0.4, 0.5) is 11.5 Å². The molecule has 2 aromatic carbocycles. The van der Waals surface area contributed by atoms with Crippen LogP contribution < -0.4 is 19.9 Å². The normalized spacial score (nSPS) is 21.0. The molecule has 1 N–H and O–H groups in total. The number of benzene rings is 2. The molecule has 0 radical (unpaired) electrons. The SMILES string of the molecule is CC(C)Oc1ccc2c(c1)C(c1cc(N3CCN(CCOCCC#CCN4CCN(c5ccc6c(c5)C(=O)N(C5CCC(=O)NC5=O)C6=O)CC4)[C@@H](C)C3)ncn1)=NC2. The van der Waals surface area contributed by atoms with Crippen LogP contribution in [0.25, 0.3) is 0 Å². The number of rotatable bonds is 12. The Hall–Kier alpha value is -5.69. The average Bonchev–Trinajstić information content (AvgIpc) is 3.76. The van der Waals surface area contributed by atoms with E-state index in [9.17, 15) is 19.2 Å². The van der Waals surface area contributed by atoms with Crippen LogP contribution in [0, 0.1) is 11.8 Å². The molecule has 3 fully saturated rings. The van der Waals surface area contributed by atoms with E-state index >= 15 is 0 Å². The van der Waals surface area contributed by atoms with Gasteiger partial charge in [-0.15, -0.1) is 0 Å². The second-order valence-electron chi connectivity index (χ2n) is 15.9. The molecule has 0 spiro atoms. The monoisotopic (exact) mass is 801 g/mol. The number of hydrogen-bond donors (Lipinski definition) is 1. The molecule has 15 nitrogen and oxygen atoms in total. The van der Waals surface area contributed by atoms with E-state index in [0.29, 0.717) is 44.3 Å². The zero-order valence-corrected chi connectivity index (χ0v) is 34.0. The Bertz CT molecular complexity index is 2210. The fourth-order valence-electron chi connectivity index (χ4n) is 8.40. The maximum atomic E-state index is 13.3. The molecule has 1 unspecified atom stereocenters. The van der Waals surface area contributed by atoms with Crippen molar-refractivity contribution in [3.05, 3.63) is 76.7 Å². The third kappa shape index (κ3) is 8.85. The summed E-state index contributed by atoms with van der Waals surface area (Å²) < 4.78 is 11.9. The maximum Gasteiger partial charge on any atom is 0.262 e. The van der Waals surface area contributed by atoms with Gasteiger partial charge in [0.1, 0.15) is 23.9 Å². The lowest BCUT2D eigenvalue weighted by Crippen LogP contribution is -2.54. The number of imide groups is 2. The second-order valence-corrected chi connectivity index (χ2v) is 15.9. The summed E-state index contributed by atoms with van der Waals surface area (Å²) in [5.74, 6) is 6.34. The Morgan fingerprint density at radius 2 is 1.68 bits per heavy atom. The van der Waals surface area contributed by atoms with Crippen molar-refractivity contribution in [3.8, 4) is 17.6 Å². The van der Waals surface area contributed by atoms with Crippen molar-refractivity contribution >= 4 is 40.8 Å². The first-order chi connectivity index (χ1) is 28.6. The highest BCUT2D eigenvalue weighted by Gasteiger charge is 2.45. The van der Waals surface area contributed by atoms with Crippen LogP contribution in [0.5, 0.6) is 5.75 Å². The zero-order chi connectivity index (χ0) is 41.0. The highest BCUT2D eigenvalue weighted by atomic mass is 16.5. The van der Waals surface area contributed by atoms with Crippen molar-refractivity contribution < 1.29 is 28.7 Å². The molecule has 15 heteroatoms. The number of carbonyl (C=O) groups is 4. The molecule has 3 saturated heterocycles. The van der Waals surface area contributed by atoms with Crippen molar-refractivity contribution in [3.63, 3.8) is 0 Å². The molecule has 6 heterocycles. The summed E-state index contributed by atoms with van der Waals surface area (Å²) in [6.07, 6.45) is 2.65. The Morgan fingerprint density at radius 1 is 0.864 bits per heavy atom. The average molecular weight is 802 g/mol. The number of aromatic nitrogens is 2. The van der Waals surface area contributed by atoms with Gasteiger partial charge in [0.05, 0.1) is 54.9 Å². The van der Waals surface area contributed by atoms with Gasteiger partial charge in [-0.25, -0.2) is 9.97 Å². The van der Waals surface area contributed by atoms with Gasteiger partial charge < -0.3 is 19.3 Å². The molecule has 8 rings (SSSR count). The number of fused-ring (bicyclic) bond motifs is 2. The molecular weight excluding hydrogens is 751 g/mol. The minimum Gasteiger partial charge on any atom is -0.491 e. The number of ether oxygens (including phenoxy) is 2. The smallest absolute Gasteiger partial charge is 0.262 e. The first-order valence-corrected chi connectivity index (χ1v) is 20.6. The van der Waals surface area contributed by atoms with E-state index in [-0.39, 0.29) is 24.5 Å². The van der Waals surface area contributed by atoms with E-state index in [0.717, 1.165) is 91.5 Å². The number of carbonyl (C=O) groups excluding carboxylic acids is 4. The van der Waals surface area contributed by atoms with E-state index in [1.165, 1.54) is 5.56 Å². The summed E-state index contributed by atoms with van der Waals surface area (Å²) in [6, 6.07) is 12.9. The third-order valence-electron chi connectivity index (χ3n) is 11.6. The van der Waals surface area contributed by atoms with E-state index in [2.05, 4.69) is 71.8 Å². The lowest BCUT2D eigenvalue weighted by atomic mass is 10.0. The van der Waals surface area contributed by atoms with Gasteiger partial charge in [-0.3, -0.25) is 44.2 Å². The van der Waals surface area contributed by atoms with Crippen LogP contribution >= 0.6 is 0 Å². The van der Waals surface area contributed by atoms with E-state index in [4.69, 9.17) is 14.5 Å². The van der Waals surface area contributed by atoms with Gasteiger partial charge in [0.15, 0.2) is 0 Å². The number of nitrogens with zero attached hydrogens (tertiary/aromatic N) is 8. The Labute approximate surface area is 344 Å². The van der Waals surface area contributed by atoms with Crippen molar-refractivity contribution in [1.82, 2.24) is 30.0 Å². The third-order valence-corrected chi connectivity index (χ3v) is 11.6. The summed E-state index contributed by atoms with van der Waals surface area (Å²) in [6.45, 7) is 15.6. The molecular formula is C44H51N9O6. The predicted molar refractivity (Wildman–Crippen MR) is 222 cm³/mol. The molecule has 0 saturated carbocycles. The van der Waals surface area contributed by atoms with Crippen molar-refractivity contribution in [2.75, 3.05) is 81.9 Å². The molecule has 4 amide bonds. The van der Waals surface area contributed by atoms with Gasteiger partial charge >= 0.3 is 0 Å². The standard InChI is InChI=1S/C44H51N9O6/c1-29(2)59-33-9-7-31-26-45-41(35(31)24-33)37-25-39(47-28-46-37)52-19-18-50(30(3)27-52)20-22-58-21-6-4-5-13-49-14-16-51(17-15-49)32-8-10-34-36(23-32)44(57)53(43(34)56)38-11-12-40(54)48-42(38)55/h7-10,23-25,28-30,38H,6,11-22,26-27H2,1-3H3,(H,48,54,55)/t30-,38?/m0/s1. The lowest BCUT2D eigenvalue weighted by Gasteiger charge is -2.40. The summed E-state index contributed by atoms with van der Waals surface area (Å²) in [7, 11) is 0. The van der Waals surface area contributed by atoms with E-state index in [1.54, 1.807) is 18.5 Å². The lowest BCUT2D eigenvalue weighted by molar-refractivity contribution is -0.136. The predicted octanol–water partition coefficient (Wildman–Crippen LogP) is 2.76. The summed E-state index contributed by atoms with van der Waals surface area (Å²) in [5.41, 5.74) is 5.43. The minimum absolute atomic E-state index is 0.0932. The fourth-order valence-corrected chi connectivity index (χ4v) is 8.40. The summed E-state index contributed by atoms with van der Waals surface area (Å²) >= 11 is 0. The number of nitrogens with one attached hydrogen (secondary N) is 1. The van der Waals surface area contributed by atoms with Gasteiger partial charge in [0, 0.05) is 88.6 Å². The number of aliphatic imine (C=N–C) groups is 1. The van der Waals surface area contributed by atoms with Crippen LogP contribution in [-0.4, -0.2) is 144 Å². The minimum atomic E-state index is -0.971. The molecule has 5 aliphatic rings. The van der Waals surface area contributed by atoms with Crippen LogP contribution in [0.2, 0.25) is 0 Å². The Kier molecular flexibility index (Phi) is 12.0. The number of piperazine rings is 2. The molecule has 0 aliphatic carbocycles.